The van der Waals surface area contributed by atoms with Crippen molar-refractivity contribution in [2.24, 2.45) is 5.73 Å². The van der Waals surface area contributed by atoms with Crippen molar-refractivity contribution in [3.05, 3.63) is 34.9 Å². The van der Waals surface area contributed by atoms with Crippen LogP contribution in [0.5, 0.6) is 0 Å². The molecule has 13 heavy (non-hydrogen) atoms. The van der Waals surface area contributed by atoms with Gasteiger partial charge in [-0.2, -0.15) is 0 Å². The Bertz CT molecular complexity index is 299. The van der Waals surface area contributed by atoms with E-state index in [0.717, 1.165) is 5.56 Å². The number of hydrogen-bond acceptors (Lipinski definition) is 1. The molecule has 0 aromatic heterocycles. The summed E-state index contributed by atoms with van der Waals surface area (Å²) in [5.41, 5.74) is 6.13. The van der Waals surface area contributed by atoms with Crippen LogP contribution in [0.15, 0.2) is 24.3 Å². The molecule has 1 atom stereocenters. The largest absolute Gasteiger partial charge is 0.369 e. The molecule has 0 radical (unpaired) electrons. The molecule has 2 N–H and O–H groups in total. The predicted octanol–water partition coefficient (Wildman–Crippen LogP) is 2.13. The van der Waals surface area contributed by atoms with Crippen molar-refractivity contribution in [3.8, 4) is 0 Å². The van der Waals surface area contributed by atoms with E-state index in [1.807, 2.05) is 12.1 Å². The Labute approximate surface area is 90.2 Å². The molecule has 0 unspecified atom stereocenters. The van der Waals surface area contributed by atoms with Gasteiger partial charge >= 0.3 is 0 Å². The molecular weight excluding hydrogens is 253 g/mol. The third kappa shape index (κ3) is 3.36. The average Bonchev–Trinajstić information content (AvgIpc) is 2.08. The molecule has 0 aliphatic rings. The van der Waals surface area contributed by atoms with Crippen LogP contribution < -0.4 is 5.73 Å². The van der Waals surface area contributed by atoms with Crippen molar-refractivity contribution in [2.45, 2.75) is 11.2 Å². The first-order valence-corrected chi connectivity index (χ1v) is 5.07. The highest BCUT2D eigenvalue weighted by molar-refractivity contribution is 9.10. The average molecular weight is 263 g/mol. The molecule has 1 aromatic carbocycles. The lowest BCUT2D eigenvalue weighted by Crippen LogP contribution is -2.24. The number of amides is 1. The van der Waals surface area contributed by atoms with E-state index in [4.69, 9.17) is 17.3 Å². The second-order valence-corrected chi connectivity index (χ2v) is 4.24. The fourth-order valence-electron chi connectivity index (χ4n) is 0.928. The molecule has 4 heteroatoms. The highest BCUT2D eigenvalue weighted by Gasteiger charge is 2.10. The van der Waals surface area contributed by atoms with Gasteiger partial charge in [0.15, 0.2) is 0 Å². The number of benzene rings is 1. The number of halogens is 2. The van der Waals surface area contributed by atoms with Gasteiger partial charge in [0.25, 0.3) is 0 Å². The minimum absolute atomic E-state index is 0.311. The molecule has 1 rings (SSSR count). The van der Waals surface area contributed by atoms with E-state index in [-0.39, 0.29) is 10.7 Å². The van der Waals surface area contributed by atoms with Gasteiger partial charge < -0.3 is 5.73 Å². The van der Waals surface area contributed by atoms with Crippen LogP contribution in [-0.2, 0) is 11.2 Å². The second-order valence-electron chi connectivity index (χ2n) is 2.70. The van der Waals surface area contributed by atoms with Crippen molar-refractivity contribution in [1.82, 2.24) is 0 Å². The lowest BCUT2D eigenvalue weighted by molar-refractivity contribution is -0.117. The number of carbonyl (C=O) groups is 1. The fraction of sp³-hybridized carbons (Fsp3) is 0.222. The molecule has 70 valence electrons. The Hall–Kier alpha value is -0.540. The number of hydrogen-bond donors (Lipinski definition) is 1. The summed E-state index contributed by atoms with van der Waals surface area (Å²) in [5, 5.41) is 0.689. The first-order valence-electron chi connectivity index (χ1n) is 3.77. The number of nitrogens with two attached hydrogens (primary N) is 1. The van der Waals surface area contributed by atoms with Crippen molar-refractivity contribution < 1.29 is 4.79 Å². The zero-order chi connectivity index (χ0) is 9.84. The quantitative estimate of drug-likeness (QED) is 0.833. The Morgan fingerprint density at radius 1 is 1.46 bits per heavy atom. The van der Waals surface area contributed by atoms with Crippen LogP contribution >= 0.6 is 27.5 Å². The summed E-state index contributed by atoms with van der Waals surface area (Å²) < 4.78 is 0. The maximum absolute atomic E-state index is 10.7. The monoisotopic (exact) mass is 261 g/mol. The Kier molecular flexibility index (Phi) is 3.75. The summed E-state index contributed by atoms with van der Waals surface area (Å²) in [6, 6.07) is 7.33. The number of carbonyl (C=O) groups excluding carboxylic acids is 1. The molecule has 0 saturated carbocycles. The molecule has 0 aliphatic carbocycles. The Morgan fingerprint density at radius 2 is 2.00 bits per heavy atom. The summed E-state index contributed by atoms with van der Waals surface area (Å²) in [4.78, 5) is 10.4. The zero-order valence-electron chi connectivity index (χ0n) is 6.84. The van der Waals surface area contributed by atoms with Crippen LogP contribution in [0, 0.1) is 0 Å². The van der Waals surface area contributed by atoms with Crippen LogP contribution in [0.3, 0.4) is 0 Å². The maximum atomic E-state index is 10.7. The third-order valence-corrected chi connectivity index (χ3v) is 2.66. The molecule has 0 fully saturated rings. The first kappa shape index (κ1) is 10.5. The molecule has 1 aromatic rings. The molecule has 0 bridgehead atoms. The first-order chi connectivity index (χ1) is 6.09. The van der Waals surface area contributed by atoms with Crippen molar-refractivity contribution in [2.75, 3.05) is 0 Å². The van der Waals surface area contributed by atoms with E-state index in [0.29, 0.717) is 11.4 Å². The van der Waals surface area contributed by atoms with Crippen LogP contribution in [0.1, 0.15) is 5.56 Å². The smallest absolute Gasteiger partial charge is 0.231 e. The zero-order valence-corrected chi connectivity index (χ0v) is 9.18. The van der Waals surface area contributed by atoms with Crippen LogP contribution in [0.4, 0.5) is 0 Å². The summed E-state index contributed by atoms with van der Waals surface area (Å²) in [6.45, 7) is 0. The van der Waals surface area contributed by atoms with Gasteiger partial charge in [-0.15, -0.1) is 0 Å². The van der Waals surface area contributed by atoms with E-state index in [2.05, 4.69) is 15.9 Å². The summed E-state index contributed by atoms with van der Waals surface area (Å²) >= 11 is 8.90. The lowest BCUT2D eigenvalue weighted by atomic mass is 10.1. The highest BCUT2D eigenvalue weighted by atomic mass is 79.9. The Balaban J connectivity index is 2.64. The second kappa shape index (κ2) is 4.63. The van der Waals surface area contributed by atoms with Gasteiger partial charge in [0.2, 0.25) is 5.91 Å². The van der Waals surface area contributed by atoms with Gasteiger partial charge in [0, 0.05) is 5.02 Å². The van der Waals surface area contributed by atoms with Crippen LogP contribution in [-0.4, -0.2) is 10.7 Å². The third-order valence-electron chi connectivity index (χ3n) is 1.64. The molecule has 0 aliphatic heterocycles. The van der Waals surface area contributed by atoms with E-state index in [1.165, 1.54) is 0 Å². The van der Waals surface area contributed by atoms with Gasteiger partial charge in [0.05, 0.1) is 4.83 Å². The summed E-state index contributed by atoms with van der Waals surface area (Å²) in [7, 11) is 0. The molecule has 1 amide bonds. The Morgan fingerprint density at radius 3 is 2.46 bits per heavy atom. The van der Waals surface area contributed by atoms with E-state index >= 15 is 0 Å². The molecule has 0 saturated heterocycles. The van der Waals surface area contributed by atoms with E-state index in [1.54, 1.807) is 12.1 Å². The summed E-state index contributed by atoms with van der Waals surface area (Å²) in [5.74, 6) is -0.352. The predicted molar refractivity (Wildman–Crippen MR) is 57.1 cm³/mol. The number of primary amides is 1. The van der Waals surface area contributed by atoms with Crippen LogP contribution in [0.2, 0.25) is 5.02 Å². The fourth-order valence-corrected chi connectivity index (χ4v) is 1.43. The molecular formula is C9H9BrClNO. The van der Waals surface area contributed by atoms with Crippen molar-refractivity contribution in [1.29, 1.82) is 0 Å². The number of rotatable bonds is 3. The highest BCUT2D eigenvalue weighted by Crippen LogP contribution is 2.13. The lowest BCUT2D eigenvalue weighted by Gasteiger charge is -2.04. The maximum Gasteiger partial charge on any atom is 0.231 e. The SMILES string of the molecule is NC(=O)[C@H](Br)Cc1ccc(Cl)cc1. The standard InChI is InChI=1S/C9H9BrClNO/c10-8(9(12)13)5-6-1-3-7(11)4-2-6/h1-4,8H,5H2,(H2,12,13)/t8-/m1/s1. The normalized spacial score (nSPS) is 12.5. The summed E-state index contributed by atoms with van der Waals surface area (Å²) in [6.07, 6.45) is 0.590. The molecule has 2 nitrogen and oxygen atoms in total. The van der Waals surface area contributed by atoms with Crippen molar-refractivity contribution >= 4 is 33.4 Å². The van der Waals surface area contributed by atoms with Gasteiger partial charge in [-0.3, -0.25) is 4.79 Å². The topological polar surface area (TPSA) is 43.1 Å². The van der Waals surface area contributed by atoms with Gasteiger partial charge in [-0.1, -0.05) is 39.7 Å². The van der Waals surface area contributed by atoms with Gasteiger partial charge in [-0.05, 0) is 24.1 Å². The molecule has 0 spiro atoms. The van der Waals surface area contributed by atoms with Crippen LogP contribution in [0.25, 0.3) is 0 Å². The number of alkyl halides is 1. The molecule has 0 heterocycles. The van der Waals surface area contributed by atoms with Crippen molar-refractivity contribution in [3.63, 3.8) is 0 Å². The van der Waals surface area contributed by atoms with Gasteiger partial charge in [-0.25, -0.2) is 0 Å². The minimum atomic E-state index is -0.352. The van der Waals surface area contributed by atoms with E-state index in [9.17, 15) is 4.79 Å². The minimum Gasteiger partial charge on any atom is -0.369 e. The van der Waals surface area contributed by atoms with Gasteiger partial charge in [0.1, 0.15) is 0 Å². The van der Waals surface area contributed by atoms with E-state index < -0.39 is 0 Å².